The molecular formula is C6H4N4O4. The lowest BCUT2D eigenvalue weighted by Gasteiger charge is -2.09. The smallest absolute Gasteiger partial charge is 0.308 e. The van der Waals surface area contributed by atoms with Gasteiger partial charge < -0.3 is 4.74 Å². The minimum atomic E-state index is -0.740. The molecule has 0 radical (unpaired) electrons. The lowest BCUT2D eigenvalue weighted by molar-refractivity contribution is -0.129. The molecule has 14 heavy (non-hydrogen) atoms. The molecule has 1 saturated heterocycles. The summed E-state index contributed by atoms with van der Waals surface area (Å²) in [5.41, 5.74) is 0. The third-order valence-corrected chi connectivity index (χ3v) is 0.918. The molecule has 0 aromatic heterocycles. The highest BCUT2D eigenvalue weighted by atomic mass is 16.5. The predicted octanol–water partition coefficient (Wildman–Crippen LogP) is -1.29. The minimum absolute atomic E-state index is 0.258. The Bertz CT molecular complexity index is 279. The van der Waals surface area contributed by atoms with Gasteiger partial charge in [0.15, 0.2) is 0 Å². The molecule has 4 amide bonds. The van der Waals surface area contributed by atoms with Crippen molar-refractivity contribution in [2.45, 2.75) is 6.42 Å². The average molecular weight is 196 g/mol. The van der Waals surface area contributed by atoms with Crippen LogP contribution >= 0.6 is 0 Å². The number of nitrogens with one attached hydrogen (secondary N) is 2. The van der Waals surface area contributed by atoms with E-state index in [0.717, 1.165) is 12.5 Å². The van der Waals surface area contributed by atoms with Crippen molar-refractivity contribution < 1.29 is 19.1 Å². The Kier molecular flexibility index (Phi) is 4.86. The summed E-state index contributed by atoms with van der Waals surface area (Å²) in [6.45, 7) is 0. The van der Waals surface area contributed by atoms with Gasteiger partial charge in [0.25, 0.3) is 0 Å². The van der Waals surface area contributed by atoms with E-state index in [4.69, 9.17) is 10.5 Å². The van der Waals surface area contributed by atoms with E-state index >= 15 is 0 Å². The fourth-order valence-corrected chi connectivity index (χ4v) is 0.539. The van der Waals surface area contributed by atoms with Crippen molar-refractivity contribution in [2.75, 3.05) is 0 Å². The number of carbonyl (C=O) groups excluding carboxylic acids is 3. The maximum absolute atomic E-state index is 10.3. The van der Waals surface area contributed by atoms with Crippen LogP contribution in [0.1, 0.15) is 6.42 Å². The number of urea groups is 1. The van der Waals surface area contributed by atoms with Gasteiger partial charge in [-0.2, -0.15) is 0 Å². The van der Waals surface area contributed by atoms with E-state index in [0.29, 0.717) is 0 Å². The second-order valence-corrected chi connectivity index (χ2v) is 1.89. The molecule has 0 spiro atoms. The molecule has 1 aliphatic rings. The van der Waals surface area contributed by atoms with E-state index in [1.54, 1.807) is 0 Å². The van der Waals surface area contributed by atoms with Gasteiger partial charge in [0.1, 0.15) is 6.42 Å². The van der Waals surface area contributed by atoms with E-state index in [1.165, 1.54) is 0 Å². The molecule has 0 aliphatic carbocycles. The Morgan fingerprint density at radius 3 is 1.71 bits per heavy atom. The van der Waals surface area contributed by atoms with Gasteiger partial charge >= 0.3 is 18.5 Å². The monoisotopic (exact) mass is 196 g/mol. The summed E-state index contributed by atoms with van der Waals surface area (Å²) in [6, 6.07) is -0.740. The third kappa shape index (κ3) is 5.09. The van der Waals surface area contributed by atoms with E-state index < -0.39 is 17.8 Å². The Labute approximate surface area is 78.0 Å². The topological polar surface area (TPSA) is 132 Å². The molecule has 0 unspecified atom stereocenters. The number of hydrogen-bond acceptors (Lipinski definition) is 6. The molecule has 0 aromatic carbocycles. The summed E-state index contributed by atoms with van der Waals surface area (Å²) < 4.78 is 3.44. The number of barbiturate groups is 1. The first kappa shape index (κ1) is 11.4. The molecule has 8 nitrogen and oxygen atoms in total. The summed E-state index contributed by atoms with van der Waals surface area (Å²) >= 11 is 0. The molecule has 0 aromatic rings. The Morgan fingerprint density at radius 1 is 1.07 bits per heavy atom. The first-order valence-electron chi connectivity index (χ1n) is 3.17. The first-order valence-corrected chi connectivity index (χ1v) is 3.17. The Morgan fingerprint density at radius 2 is 1.50 bits per heavy atom. The van der Waals surface area contributed by atoms with Crippen molar-refractivity contribution in [3.63, 3.8) is 0 Å². The summed E-state index contributed by atoms with van der Waals surface area (Å²) in [5.74, 6) is -1.10. The fourth-order valence-electron chi connectivity index (χ4n) is 0.539. The third-order valence-electron chi connectivity index (χ3n) is 0.918. The van der Waals surface area contributed by atoms with Gasteiger partial charge in [-0.3, -0.25) is 20.2 Å². The molecule has 1 aliphatic heterocycles. The lowest BCUT2D eigenvalue weighted by atomic mass is 10.3. The molecule has 1 fully saturated rings. The quantitative estimate of drug-likeness (QED) is 0.365. The second kappa shape index (κ2) is 5.97. The first-order chi connectivity index (χ1) is 6.60. The molecule has 8 heteroatoms. The van der Waals surface area contributed by atoms with E-state index in [2.05, 4.69) is 4.74 Å². The van der Waals surface area contributed by atoms with Gasteiger partial charge in [0, 0.05) is 0 Å². The number of imide groups is 2. The number of hydrogen-bond donors (Lipinski definition) is 2. The van der Waals surface area contributed by atoms with E-state index in [1.807, 2.05) is 10.6 Å². The fraction of sp³-hybridized carbons (Fsp3) is 0.167. The largest absolute Gasteiger partial charge is 0.328 e. The van der Waals surface area contributed by atoms with Crippen LogP contribution in [0.15, 0.2) is 0 Å². The Balaban J connectivity index is 0.000000292. The maximum Gasteiger partial charge on any atom is 0.328 e. The molecule has 2 N–H and O–H groups in total. The number of rotatable bonds is 0. The van der Waals surface area contributed by atoms with Crippen molar-refractivity contribution >= 4 is 17.8 Å². The van der Waals surface area contributed by atoms with Gasteiger partial charge in [0.05, 0.1) is 0 Å². The number of ether oxygens (including phenoxy) is 1. The van der Waals surface area contributed by atoms with Crippen LogP contribution in [-0.4, -0.2) is 17.8 Å². The number of amides is 4. The minimum Gasteiger partial charge on any atom is -0.308 e. The van der Waals surface area contributed by atoms with Gasteiger partial charge in [-0.15, -0.1) is 10.5 Å². The van der Waals surface area contributed by atoms with Gasteiger partial charge in [-0.05, 0) is 0 Å². The normalized spacial score (nSPS) is 13.4. The number of carbonyl (C=O) groups is 3. The zero-order valence-electron chi connectivity index (χ0n) is 6.73. The molecule has 0 bridgehead atoms. The zero-order valence-corrected chi connectivity index (χ0v) is 6.73. The van der Waals surface area contributed by atoms with Crippen LogP contribution in [0.5, 0.6) is 0 Å². The molecular weight excluding hydrogens is 192 g/mol. The SMILES string of the molecule is N#COC#N.O=C1CC(=O)NC(=O)N1. The lowest BCUT2D eigenvalue weighted by Crippen LogP contribution is -2.49. The second-order valence-electron chi connectivity index (χ2n) is 1.89. The van der Waals surface area contributed by atoms with Crippen LogP contribution in [0.25, 0.3) is 0 Å². The Hall–Kier alpha value is -2.61. The summed E-state index contributed by atoms with van der Waals surface area (Å²) in [5, 5.41) is 18.5. The van der Waals surface area contributed by atoms with E-state index in [-0.39, 0.29) is 6.42 Å². The highest BCUT2D eigenvalue weighted by molar-refractivity contribution is 6.14. The van der Waals surface area contributed by atoms with Gasteiger partial charge in [-0.25, -0.2) is 4.79 Å². The van der Waals surface area contributed by atoms with Crippen LogP contribution in [0.3, 0.4) is 0 Å². The number of nitrogens with zero attached hydrogens (tertiary/aromatic N) is 2. The maximum atomic E-state index is 10.3. The average Bonchev–Trinajstić information content (AvgIpc) is 2.03. The highest BCUT2D eigenvalue weighted by Gasteiger charge is 2.20. The standard InChI is InChI=1S/C4H4N2O3.C2N2O/c7-2-1-3(8)6-4(9)5-2;3-1-5-2-4/h1H2,(H2,5,6,7,8,9);. The van der Waals surface area contributed by atoms with Crippen molar-refractivity contribution in [1.82, 2.24) is 10.6 Å². The molecule has 72 valence electrons. The van der Waals surface area contributed by atoms with Crippen LogP contribution < -0.4 is 10.6 Å². The van der Waals surface area contributed by atoms with Crippen LogP contribution in [0.4, 0.5) is 4.79 Å². The van der Waals surface area contributed by atoms with Crippen molar-refractivity contribution in [3.8, 4) is 12.5 Å². The van der Waals surface area contributed by atoms with Crippen LogP contribution in [0.2, 0.25) is 0 Å². The summed E-state index contributed by atoms with van der Waals surface area (Å²) in [4.78, 5) is 30.8. The van der Waals surface area contributed by atoms with Crippen molar-refractivity contribution in [3.05, 3.63) is 0 Å². The zero-order chi connectivity index (χ0) is 11.0. The molecule has 0 atom stereocenters. The predicted molar refractivity (Wildman–Crippen MR) is 38.6 cm³/mol. The molecule has 1 rings (SSSR count). The van der Waals surface area contributed by atoms with Crippen LogP contribution in [-0.2, 0) is 14.3 Å². The molecule has 1 heterocycles. The molecule has 0 saturated carbocycles. The summed E-state index contributed by atoms with van der Waals surface area (Å²) in [7, 11) is 0. The van der Waals surface area contributed by atoms with Gasteiger partial charge in [0.2, 0.25) is 11.8 Å². The summed E-state index contributed by atoms with van der Waals surface area (Å²) in [6.07, 6.45) is 2.05. The van der Waals surface area contributed by atoms with Crippen LogP contribution in [0, 0.1) is 23.0 Å². The number of nitriles is 2. The van der Waals surface area contributed by atoms with Gasteiger partial charge in [-0.1, -0.05) is 0 Å². The van der Waals surface area contributed by atoms with Crippen molar-refractivity contribution in [1.29, 1.82) is 10.5 Å². The highest BCUT2D eigenvalue weighted by Crippen LogP contribution is 1.85. The van der Waals surface area contributed by atoms with Crippen molar-refractivity contribution in [2.24, 2.45) is 0 Å². The van der Waals surface area contributed by atoms with E-state index in [9.17, 15) is 14.4 Å².